The lowest BCUT2D eigenvalue weighted by Crippen LogP contribution is -2.12. The molecule has 6 heteroatoms. The van der Waals surface area contributed by atoms with Crippen LogP contribution in [-0.2, 0) is 0 Å². The summed E-state index contributed by atoms with van der Waals surface area (Å²) in [4.78, 5) is 0.200. The number of hydrogen-bond acceptors (Lipinski definition) is 2. The van der Waals surface area contributed by atoms with Crippen molar-refractivity contribution in [2.75, 3.05) is 5.32 Å². The van der Waals surface area contributed by atoms with Crippen LogP contribution < -0.4 is 11.1 Å². The third kappa shape index (κ3) is 3.13. The van der Waals surface area contributed by atoms with Gasteiger partial charge in [-0.1, -0.05) is 18.3 Å². The molecule has 104 valence electrons. The number of nitrogens with two attached hydrogens (primary N) is 1. The average Bonchev–Trinajstić information content (AvgIpc) is 2.33. The Labute approximate surface area is 129 Å². The van der Waals surface area contributed by atoms with Gasteiger partial charge in [0.05, 0.1) is 5.69 Å². The maximum atomic E-state index is 13.8. The van der Waals surface area contributed by atoms with Crippen molar-refractivity contribution in [1.82, 2.24) is 0 Å². The van der Waals surface area contributed by atoms with Gasteiger partial charge in [-0.15, -0.1) is 0 Å². The van der Waals surface area contributed by atoms with E-state index in [0.717, 1.165) is 11.6 Å². The molecule has 20 heavy (non-hydrogen) atoms. The zero-order chi connectivity index (χ0) is 14.9. The summed E-state index contributed by atoms with van der Waals surface area (Å²) < 4.78 is 27.2. The second kappa shape index (κ2) is 5.85. The highest BCUT2D eigenvalue weighted by Gasteiger charge is 2.13. The lowest BCUT2D eigenvalue weighted by molar-refractivity contribution is 0.584. The van der Waals surface area contributed by atoms with Crippen LogP contribution in [-0.4, -0.2) is 4.99 Å². The molecule has 0 heterocycles. The number of anilines is 2. The summed E-state index contributed by atoms with van der Waals surface area (Å²) in [5, 5.41) is 2.90. The van der Waals surface area contributed by atoms with E-state index in [4.69, 9.17) is 18.0 Å². The quantitative estimate of drug-likeness (QED) is 0.799. The molecule has 0 aliphatic heterocycles. The molecular weight excluding hydrogens is 346 g/mol. The molecule has 0 aromatic heterocycles. The van der Waals surface area contributed by atoms with Gasteiger partial charge < -0.3 is 11.1 Å². The third-order valence-corrected chi connectivity index (χ3v) is 3.55. The summed E-state index contributed by atoms with van der Waals surface area (Å²) >= 11 is 8.10. The summed E-state index contributed by atoms with van der Waals surface area (Å²) in [7, 11) is 0. The first kappa shape index (κ1) is 14.9. The second-order valence-corrected chi connectivity index (χ2v) is 5.58. The lowest BCUT2D eigenvalue weighted by atomic mass is 10.1. The Hall–Kier alpha value is -1.53. The predicted octanol–water partition coefficient (Wildman–Crippen LogP) is 4.41. The van der Waals surface area contributed by atoms with Gasteiger partial charge in [0.15, 0.2) is 5.82 Å². The highest BCUT2D eigenvalue weighted by atomic mass is 79.9. The van der Waals surface area contributed by atoms with Crippen LogP contribution in [0.1, 0.15) is 11.1 Å². The number of thiocarbonyl (C=S) groups is 1. The molecule has 0 amide bonds. The van der Waals surface area contributed by atoms with E-state index in [0.29, 0.717) is 11.3 Å². The molecule has 0 saturated heterocycles. The van der Waals surface area contributed by atoms with Gasteiger partial charge in [-0.2, -0.15) is 0 Å². The molecule has 0 spiro atoms. The van der Waals surface area contributed by atoms with Crippen LogP contribution in [0.25, 0.3) is 0 Å². The lowest BCUT2D eigenvalue weighted by Gasteiger charge is -2.14. The van der Waals surface area contributed by atoms with Crippen molar-refractivity contribution in [2.24, 2.45) is 5.73 Å². The molecule has 2 rings (SSSR count). The van der Waals surface area contributed by atoms with Crippen LogP contribution >= 0.6 is 28.1 Å². The van der Waals surface area contributed by atoms with Gasteiger partial charge in [-0.25, -0.2) is 8.78 Å². The van der Waals surface area contributed by atoms with Crippen LogP contribution in [0.3, 0.4) is 0 Å². The fourth-order valence-electron chi connectivity index (χ4n) is 1.77. The standard InChI is InChI=1S/C14H11BrF2N2S/c1-7-2-3-9(14(18)20)12(4-7)19-13-10(15)5-8(16)6-11(13)17/h2-6,19H,1H3,(H2,18,20). The summed E-state index contributed by atoms with van der Waals surface area (Å²) in [6, 6.07) is 7.40. The highest BCUT2D eigenvalue weighted by molar-refractivity contribution is 9.10. The number of hydrogen-bond donors (Lipinski definition) is 2. The Balaban J connectivity index is 2.50. The number of aryl methyl sites for hydroxylation is 1. The number of halogens is 3. The molecule has 2 nitrogen and oxygen atoms in total. The monoisotopic (exact) mass is 356 g/mol. The van der Waals surface area contributed by atoms with Crippen molar-refractivity contribution in [3.8, 4) is 0 Å². The Morgan fingerprint density at radius 2 is 1.95 bits per heavy atom. The Morgan fingerprint density at radius 3 is 2.55 bits per heavy atom. The fraction of sp³-hybridized carbons (Fsp3) is 0.0714. The van der Waals surface area contributed by atoms with Crippen molar-refractivity contribution in [1.29, 1.82) is 0 Å². The first-order valence-electron chi connectivity index (χ1n) is 5.70. The SMILES string of the molecule is Cc1ccc(C(N)=S)c(Nc2c(F)cc(F)cc2Br)c1. The van der Waals surface area contributed by atoms with E-state index in [1.807, 2.05) is 13.0 Å². The first-order chi connectivity index (χ1) is 9.38. The van der Waals surface area contributed by atoms with E-state index in [1.165, 1.54) is 6.07 Å². The van der Waals surface area contributed by atoms with Crippen molar-refractivity contribution >= 4 is 44.5 Å². The molecule has 0 aliphatic carbocycles. The number of nitrogens with one attached hydrogen (secondary N) is 1. The summed E-state index contributed by atoms with van der Waals surface area (Å²) in [5.41, 5.74) is 7.91. The largest absolute Gasteiger partial charge is 0.389 e. The van der Waals surface area contributed by atoms with Crippen molar-refractivity contribution in [3.63, 3.8) is 0 Å². The third-order valence-electron chi connectivity index (χ3n) is 2.71. The van der Waals surface area contributed by atoms with Crippen molar-refractivity contribution in [2.45, 2.75) is 6.92 Å². The molecule has 3 N–H and O–H groups in total. The molecule has 0 radical (unpaired) electrons. The van der Waals surface area contributed by atoms with E-state index >= 15 is 0 Å². The maximum Gasteiger partial charge on any atom is 0.150 e. The normalized spacial score (nSPS) is 10.4. The second-order valence-electron chi connectivity index (χ2n) is 4.28. The van der Waals surface area contributed by atoms with E-state index in [1.54, 1.807) is 12.1 Å². The van der Waals surface area contributed by atoms with Gasteiger partial charge in [0.1, 0.15) is 10.8 Å². The first-order valence-corrected chi connectivity index (χ1v) is 6.90. The summed E-state index contributed by atoms with van der Waals surface area (Å²) in [5.74, 6) is -1.36. The molecular formula is C14H11BrF2N2S. The van der Waals surface area contributed by atoms with Crippen LogP contribution in [0, 0.1) is 18.6 Å². The Morgan fingerprint density at radius 1 is 1.25 bits per heavy atom. The predicted molar refractivity (Wildman–Crippen MR) is 84.4 cm³/mol. The van der Waals surface area contributed by atoms with Crippen molar-refractivity contribution < 1.29 is 8.78 Å². The van der Waals surface area contributed by atoms with Crippen LogP contribution in [0.4, 0.5) is 20.2 Å². The van der Waals surface area contributed by atoms with Crippen LogP contribution in [0.5, 0.6) is 0 Å². The van der Waals surface area contributed by atoms with E-state index < -0.39 is 11.6 Å². The molecule has 0 bridgehead atoms. The van der Waals surface area contributed by atoms with Crippen molar-refractivity contribution in [3.05, 3.63) is 57.6 Å². The highest BCUT2D eigenvalue weighted by Crippen LogP contribution is 2.31. The zero-order valence-electron chi connectivity index (χ0n) is 10.5. The smallest absolute Gasteiger partial charge is 0.150 e. The van der Waals surface area contributed by atoms with Gasteiger partial charge in [0, 0.05) is 21.8 Å². The molecule has 0 fully saturated rings. The molecule has 0 unspecified atom stereocenters. The van der Waals surface area contributed by atoms with E-state index in [-0.39, 0.29) is 15.1 Å². The Bertz CT molecular complexity index is 666. The molecule has 2 aromatic rings. The minimum absolute atomic E-state index is 0.134. The van der Waals surface area contributed by atoms with Crippen LogP contribution in [0.2, 0.25) is 0 Å². The number of rotatable bonds is 3. The zero-order valence-corrected chi connectivity index (χ0v) is 12.9. The van der Waals surface area contributed by atoms with E-state index in [9.17, 15) is 8.78 Å². The molecule has 2 aromatic carbocycles. The van der Waals surface area contributed by atoms with Gasteiger partial charge in [0.2, 0.25) is 0 Å². The molecule has 0 atom stereocenters. The topological polar surface area (TPSA) is 38.0 Å². The van der Waals surface area contributed by atoms with Gasteiger partial charge in [0.25, 0.3) is 0 Å². The Kier molecular flexibility index (Phi) is 4.35. The summed E-state index contributed by atoms with van der Waals surface area (Å²) in [6.07, 6.45) is 0. The molecule has 0 aliphatic rings. The van der Waals surface area contributed by atoms with Gasteiger partial charge in [-0.3, -0.25) is 0 Å². The average molecular weight is 357 g/mol. The number of benzene rings is 2. The summed E-state index contributed by atoms with van der Waals surface area (Å²) in [6.45, 7) is 1.89. The minimum Gasteiger partial charge on any atom is -0.389 e. The molecule has 0 saturated carbocycles. The fourth-order valence-corrected chi connectivity index (χ4v) is 2.46. The van der Waals surface area contributed by atoms with Gasteiger partial charge in [-0.05, 0) is 46.6 Å². The maximum absolute atomic E-state index is 13.8. The van der Waals surface area contributed by atoms with E-state index in [2.05, 4.69) is 21.2 Å². The van der Waals surface area contributed by atoms with Gasteiger partial charge >= 0.3 is 0 Å². The minimum atomic E-state index is -0.702. The van der Waals surface area contributed by atoms with Crippen LogP contribution in [0.15, 0.2) is 34.8 Å².